The van der Waals surface area contributed by atoms with Gasteiger partial charge in [0.1, 0.15) is 0 Å². The average Bonchev–Trinajstić information content (AvgIpc) is 3.14. The summed E-state index contributed by atoms with van der Waals surface area (Å²) in [7, 11) is 0. The smallest absolute Gasteiger partial charge is 0.00201 e. The first-order valence-corrected chi connectivity index (χ1v) is 15.9. The van der Waals surface area contributed by atoms with Gasteiger partial charge in [0.25, 0.3) is 0 Å². The van der Waals surface area contributed by atoms with Crippen LogP contribution in [-0.2, 0) is 0 Å². The molecule has 0 saturated heterocycles. The molecule has 0 atom stereocenters. The molecule has 9 aromatic carbocycles. The van der Waals surface area contributed by atoms with Crippen LogP contribution in [0, 0.1) is 0 Å². The summed E-state index contributed by atoms with van der Waals surface area (Å²) in [6, 6.07) is 66.5. The van der Waals surface area contributed by atoms with Gasteiger partial charge in [-0.15, -0.1) is 0 Å². The molecular weight excluding hydrogens is 553 g/mol. The molecule has 46 heavy (non-hydrogen) atoms. The maximum absolute atomic E-state index is 2.36. The van der Waals surface area contributed by atoms with E-state index in [9.17, 15) is 0 Å². The molecule has 0 N–H and O–H groups in total. The average molecular weight is 583 g/mol. The van der Waals surface area contributed by atoms with Crippen LogP contribution in [0.5, 0.6) is 0 Å². The molecule has 214 valence electrons. The molecule has 0 heterocycles. The second kappa shape index (κ2) is 10.9. The van der Waals surface area contributed by atoms with E-state index in [4.69, 9.17) is 0 Å². The van der Waals surface area contributed by atoms with Crippen molar-refractivity contribution in [2.45, 2.75) is 0 Å². The van der Waals surface area contributed by atoms with Crippen LogP contribution in [0.2, 0.25) is 0 Å². The monoisotopic (exact) mass is 582 g/mol. The number of benzene rings is 9. The summed E-state index contributed by atoms with van der Waals surface area (Å²) in [4.78, 5) is 0. The molecule has 0 amide bonds. The fourth-order valence-corrected chi connectivity index (χ4v) is 7.40. The van der Waals surface area contributed by atoms with Gasteiger partial charge in [-0.1, -0.05) is 176 Å². The first-order valence-electron chi connectivity index (χ1n) is 15.9. The summed E-state index contributed by atoms with van der Waals surface area (Å²) in [5.41, 5.74) is 10.0. The normalized spacial score (nSPS) is 11.5. The maximum atomic E-state index is 2.36. The molecule has 0 aromatic heterocycles. The highest BCUT2D eigenvalue weighted by Crippen LogP contribution is 2.47. The minimum atomic E-state index is 1.23. The Kier molecular flexibility index (Phi) is 6.25. The lowest BCUT2D eigenvalue weighted by atomic mass is 9.82. The van der Waals surface area contributed by atoms with Crippen molar-refractivity contribution in [3.05, 3.63) is 182 Å². The van der Waals surface area contributed by atoms with Gasteiger partial charge in [-0.2, -0.15) is 0 Å². The van der Waals surface area contributed by atoms with Crippen molar-refractivity contribution in [3.8, 4) is 44.5 Å². The highest BCUT2D eigenvalue weighted by molar-refractivity contribution is 6.25. The van der Waals surface area contributed by atoms with E-state index in [0.717, 1.165) is 0 Å². The van der Waals surface area contributed by atoms with E-state index in [1.54, 1.807) is 0 Å². The van der Waals surface area contributed by atoms with E-state index in [-0.39, 0.29) is 0 Å². The Hall–Kier alpha value is -5.98. The van der Waals surface area contributed by atoms with Crippen molar-refractivity contribution in [1.29, 1.82) is 0 Å². The van der Waals surface area contributed by atoms with Crippen LogP contribution in [0.4, 0.5) is 0 Å². The molecule has 0 aliphatic carbocycles. The third-order valence-corrected chi connectivity index (χ3v) is 9.47. The first kappa shape index (κ1) is 26.4. The molecule has 9 rings (SSSR count). The van der Waals surface area contributed by atoms with E-state index in [1.807, 2.05) is 0 Å². The zero-order chi connectivity index (χ0) is 30.5. The van der Waals surface area contributed by atoms with Gasteiger partial charge in [0, 0.05) is 0 Å². The lowest BCUT2D eigenvalue weighted by Gasteiger charge is -2.20. The third-order valence-electron chi connectivity index (χ3n) is 9.47. The molecule has 0 unspecified atom stereocenters. The quantitative estimate of drug-likeness (QED) is 0.143. The van der Waals surface area contributed by atoms with Crippen molar-refractivity contribution >= 4 is 43.1 Å². The summed E-state index contributed by atoms with van der Waals surface area (Å²) in [6.45, 7) is 0. The Balaban J connectivity index is 1.36. The summed E-state index contributed by atoms with van der Waals surface area (Å²) in [6.07, 6.45) is 0. The Morgan fingerprint density at radius 3 is 1.35 bits per heavy atom. The first-order chi connectivity index (χ1) is 22.8. The molecule has 9 aromatic rings. The van der Waals surface area contributed by atoms with Crippen molar-refractivity contribution in [3.63, 3.8) is 0 Å². The van der Waals surface area contributed by atoms with Crippen LogP contribution in [-0.4, -0.2) is 0 Å². The Bertz CT molecular complexity index is 2500. The fraction of sp³-hybridized carbons (Fsp3) is 0. The molecule has 0 nitrogen and oxygen atoms in total. The standard InChI is InChI=1S/C46H30/c1-3-14-31(15-4-1)34-27-26-33-28-29-37-36(44(33)30-34)24-13-25-39(37)46-42-22-11-9-20-40(42)45(41-21-10-12-23-43(41)46)38-19-8-7-18-35(38)32-16-5-2-6-17-32/h1-30H. The van der Waals surface area contributed by atoms with Crippen LogP contribution >= 0.6 is 0 Å². The van der Waals surface area contributed by atoms with Gasteiger partial charge in [0.2, 0.25) is 0 Å². The lowest BCUT2D eigenvalue weighted by Crippen LogP contribution is -1.93. The lowest BCUT2D eigenvalue weighted by molar-refractivity contribution is 1.61. The van der Waals surface area contributed by atoms with Crippen LogP contribution in [0.3, 0.4) is 0 Å². The zero-order valence-electron chi connectivity index (χ0n) is 25.3. The Labute approximate surface area is 268 Å². The fourth-order valence-electron chi connectivity index (χ4n) is 7.40. The van der Waals surface area contributed by atoms with Gasteiger partial charge < -0.3 is 0 Å². The molecule has 0 aliphatic heterocycles. The predicted octanol–water partition coefficient (Wildman–Crippen LogP) is 13.0. The molecule has 0 spiro atoms. The number of hydrogen-bond donors (Lipinski definition) is 0. The molecule has 0 saturated carbocycles. The highest BCUT2D eigenvalue weighted by atomic mass is 14.2. The van der Waals surface area contributed by atoms with Crippen molar-refractivity contribution in [2.75, 3.05) is 0 Å². The van der Waals surface area contributed by atoms with E-state index < -0.39 is 0 Å². The minimum absolute atomic E-state index is 1.23. The predicted molar refractivity (Wildman–Crippen MR) is 198 cm³/mol. The highest BCUT2D eigenvalue weighted by Gasteiger charge is 2.20. The Morgan fingerprint density at radius 1 is 0.217 bits per heavy atom. The van der Waals surface area contributed by atoms with E-state index in [2.05, 4.69) is 182 Å². The summed E-state index contributed by atoms with van der Waals surface area (Å²) >= 11 is 0. The van der Waals surface area contributed by atoms with Crippen molar-refractivity contribution < 1.29 is 0 Å². The third kappa shape index (κ3) is 4.23. The van der Waals surface area contributed by atoms with E-state index in [1.165, 1.54) is 87.6 Å². The van der Waals surface area contributed by atoms with Crippen molar-refractivity contribution in [2.24, 2.45) is 0 Å². The molecule has 0 aliphatic rings. The summed E-state index contributed by atoms with van der Waals surface area (Å²) in [5.74, 6) is 0. The van der Waals surface area contributed by atoms with Gasteiger partial charge in [-0.25, -0.2) is 0 Å². The number of rotatable bonds is 4. The number of fused-ring (bicyclic) bond motifs is 5. The van der Waals surface area contributed by atoms with Crippen LogP contribution in [0.15, 0.2) is 182 Å². The van der Waals surface area contributed by atoms with Crippen LogP contribution in [0.1, 0.15) is 0 Å². The molecule has 0 bridgehead atoms. The molecule has 0 heteroatoms. The molecule has 0 radical (unpaired) electrons. The second-order valence-electron chi connectivity index (χ2n) is 12.0. The van der Waals surface area contributed by atoms with Gasteiger partial charge in [-0.3, -0.25) is 0 Å². The largest absolute Gasteiger partial charge is 0.0622 e. The van der Waals surface area contributed by atoms with Crippen LogP contribution < -0.4 is 0 Å². The van der Waals surface area contributed by atoms with E-state index in [0.29, 0.717) is 0 Å². The second-order valence-corrected chi connectivity index (χ2v) is 12.0. The molecule has 0 fully saturated rings. The minimum Gasteiger partial charge on any atom is -0.0622 e. The Morgan fingerprint density at radius 2 is 0.696 bits per heavy atom. The summed E-state index contributed by atoms with van der Waals surface area (Å²) in [5, 5.41) is 10.2. The molecular formula is C46H30. The van der Waals surface area contributed by atoms with Crippen molar-refractivity contribution in [1.82, 2.24) is 0 Å². The van der Waals surface area contributed by atoms with Gasteiger partial charge in [-0.05, 0) is 93.7 Å². The van der Waals surface area contributed by atoms with E-state index >= 15 is 0 Å². The SMILES string of the molecule is c1ccc(-c2ccc3ccc4c(-c5c6ccccc6c(-c6ccccc6-c6ccccc6)c6ccccc56)cccc4c3c2)cc1. The summed E-state index contributed by atoms with van der Waals surface area (Å²) < 4.78 is 0. The number of hydrogen-bond acceptors (Lipinski definition) is 0. The topological polar surface area (TPSA) is 0 Å². The van der Waals surface area contributed by atoms with Gasteiger partial charge in [0.15, 0.2) is 0 Å². The maximum Gasteiger partial charge on any atom is -0.00201 e. The van der Waals surface area contributed by atoms with Crippen LogP contribution in [0.25, 0.3) is 87.6 Å². The zero-order valence-corrected chi connectivity index (χ0v) is 25.3. The van der Waals surface area contributed by atoms with Gasteiger partial charge in [0.05, 0.1) is 0 Å². The van der Waals surface area contributed by atoms with Gasteiger partial charge >= 0.3 is 0 Å².